The van der Waals surface area contributed by atoms with Gasteiger partial charge in [-0.15, -0.1) is 0 Å². The Morgan fingerprint density at radius 3 is 2.45 bits per heavy atom. The molecule has 0 aliphatic carbocycles. The summed E-state index contributed by atoms with van der Waals surface area (Å²) in [5.41, 5.74) is 6.11. The van der Waals surface area contributed by atoms with Crippen molar-refractivity contribution in [3.05, 3.63) is 42.8 Å². The van der Waals surface area contributed by atoms with Crippen LogP contribution < -0.4 is 11.1 Å². The molecule has 0 saturated carbocycles. The number of benzene rings is 1. The van der Waals surface area contributed by atoms with Gasteiger partial charge in [-0.2, -0.15) is 36.8 Å². The number of nitrogens with one attached hydrogen (secondary N) is 1. The number of carbonyl (C=O) groups is 1. The van der Waals surface area contributed by atoms with Gasteiger partial charge >= 0.3 is 31.1 Å². The summed E-state index contributed by atoms with van der Waals surface area (Å²) in [5, 5.41) is 2.89. The van der Waals surface area contributed by atoms with E-state index >= 15 is 0 Å². The van der Waals surface area contributed by atoms with Crippen molar-refractivity contribution in [2.45, 2.75) is 39.5 Å². The minimum atomic E-state index is -0.0279. The van der Waals surface area contributed by atoms with Crippen molar-refractivity contribution in [2.75, 3.05) is 13.1 Å². The van der Waals surface area contributed by atoms with Crippen LogP contribution in [0.15, 0.2) is 29.3 Å². The van der Waals surface area contributed by atoms with Crippen LogP contribution >= 0.6 is 0 Å². The number of hydrogen-bond acceptors (Lipinski definition) is 2. The van der Waals surface area contributed by atoms with Crippen molar-refractivity contribution in [3.8, 4) is 0 Å². The number of nitrogens with two attached hydrogens (primary N) is 1. The molecule has 1 aromatic carbocycles. The molecule has 1 aromatic rings. The predicted molar refractivity (Wildman–Crippen MR) is 89.3 cm³/mol. The molecule has 0 aliphatic heterocycles. The summed E-state index contributed by atoms with van der Waals surface area (Å²) in [5.74, 6) is 0.601. The van der Waals surface area contributed by atoms with Crippen molar-refractivity contribution in [1.82, 2.24) is 5.32 Å². The molecule has 22 heavy (non-hydrogen) atoms. The largest absolute Gasteiger partial charge is 2.00 e. The van der Waals surface area contributed by atoms with Crippen LogP contribution in [-0.2, 0) is 0 Å². The molecule has 0 aliphatic rings. The summed E-state index contributed by atoms with van der Waals surface area (Å²) < 4.78 is 0. The molecular weight excluding hydrogens is 500 g/mol. The minimum Gasteiger partial charge on any atom is -0.388 e. The molecule has 0 unspecified atom stereocenters. The summed E-state index contributed by atoms with van der Waals surface area (Å²) in [6.07, 6.45) is 4.01. The van der Waals surface area contributed by atoms with E-state index in [2.05, 4.69) is 23.3 Å². The van der Waals surface area contributed by atoms with Gasteiger partial charge in [0.15, 0.2) is 0 Å². The van der Waals surface area contributed by atoms with Gasteiger partial charge in [-0.3, -0.25) is 9.79 Å². The molecule has 1 rings (SSSR count). The second kappa shape index (κ2) is 16.6. The number of rotatable bonds is 7. The number of unbranched alkanes of at least 4 members (excludes halogenated alkanes) is 2. The Hall–Kier alpha value is -0.788. The monoisotopic (exact) mass is 527 g/mol. The number of hydrogen-bond donors (Lipinski definition) is 2. The van der Waals surface area contributed by atoms with Gasteiger partial charge in [0.1, 0.15) is 0 Å². The third kappa shape index (κ3) is 14.2. The van der Waals surface area contributed by atoms with Crippen molar-refractivity contribution in [1.29, 1.82) is 0 Å². The van der Waals surface area contributed by atoms with E-state index in [4.69, 9.17) is 5.73 Å². The summed E-state index contributed by atoms with van der Waals surface area (Å²) in [7, 11) is 0. The number of amidine groups is 1. The van der Waals surface area contributed by atoms with Gasteiger partial charge < -0.3 is 18.0 Å². The first-order chi connectivity index (χ1) is 10.1. The fourth-order valence-electron chi connectivity index (χ4n) is 1.51. The fraction of sp³-hybridized carbons (Fsp3) is 0.471. The van der Waals surface area contributed by atoms with E-state index in [1.165, 1.54) is 0 Å². The predicted octanol–water partition coefficient (Wildman–Crippen LogP) is 2.99. The summed E-state index contributed by atoms with van der Waals surface area (Å²) in [6.45, 7) is 8.76. The SMILES string of the molecule is CC(N)=NCCCCCNC(=O)c1cc[c-]cc1.[CH2-]CC.[U+2]. The average molecular weight is 527 g/mol. The van der Waals surface area contributed by atoms with Gasteiger partial charge in [0.25, 0.3) is 0 Å². The van der Waals surface area contributed by atoms with Crippen LogP contribution in [0.25, 0.3) is 0 Å². The smallest absolute Gasteiger partial charge is 0.388 e. The molecule has 0 spiro atoms. The topological polar surface area (TPSA) is 67.5 Å². The van der Waals surface area contributed by atoms with Crippen LogP contribution in [0.2, 0.25) is 0 Å². The van der Waals surface area contributed by atoms with E-state index in [0.717, 1.165) is 32.2 Å². The maximum Gasteiger partial charge on any atom is 2.00 e. The zero-order valence-electron chi connectivity index (χ0n) is 13.7. The molecule has 4 nitrogen and oxygen atoms in total. The van der Waals surface area contributed by atoms with Gasteiger partial charge in [-0.05, 0) is 26.2 Å². The molecule has 0 bridgehead atoms. The second-order valence-corrected chi connectivity index (χ2v) is 4.63. The van der Waals surface area contributed by atoms with Crippen LogP contribution in [0.4, 0.5) is 0 Å². The van der Waals surface area contributed by atoms with Gasteiger partial charge in [0, 0.05) is 13.1 Å². The fourth-order valence-corrected chi connectivity index (χ4v) is 1.51. The molecule has 5 heteroatoms. The average Bonchev–Trinajstić information content (AvgIpc) is 2.47. The third-order valence-electron chi connectivity index (χ3n) is 2.46. The van der Waals surface area contributed by atoms with Gasteiger partial charge in [0.05, 0.1) is 5.84 Å². The molecule has 0 heterocycles. The van der Waals surface area contributed by atoms with Crippen LogP contribution in [0.3, 0.4) is 0 Å². The molecule has 0 atom stereocenters. The number of amides is 1. The van der Waals surface area contributed by atoms with Crippen LogP contribution in [0.1, 0.15) is 49.9 Å². The Balaban J connectivity index is 0. The van der Waals surface area contributed by atoms with E-state index < -0.39 is 0 Å². The number of aliphatic imine (C=N–C) groups is 1. The van der Waals surface area contributed by atoms with Crippen molar-refractivity contribution in [3.63, 3.8) is 0 Å². The molecule has 0 saturated heterocycles. The Labute approximate surface area is 158 Å². The Morgan fingerprint density at radius 1 is 1.32 bits per heavy atom. The molecule has 120 valence electrons. The van der Waals surface area contributed by atoms with Crippen LogP contribution in [0, 0.1) is 44.1 Å². The Bertz CT molecular complexity index is 404. The summed E-state index contributed by atoms with van der Waals surface area (Å²) >= 11 is 0. The molecule has 0 radical (unpaired) electrons. The van der Waals surface area contributed by atoms with Crippen LogP contribution in [0.5, 0.6) is 0 Å². The first-order valence-corrected chi connectivity index (χ1v) is 7.41. The van der Waals surface area contributed by atoms with Crippen molar-refractivity contribution in [2.24, 2.45) is 10.7 Å². The van der Waals surface area contributed by atoms with E-state index in [-0.39, 0.29) is 37.0 Å². The minimum absolute atomic E-state index is 0. The normalized spacial score (nSPS) is 10.0. The van der Waals surface area contributed by atoms with Crippen molar-refractivity contribution >= 4 is 11.7 Å². The zero-order valence-corrected chi connectivity index (χ0v) is 17.9. The summed E-state index contributed by atoms with van der Waals surface area (Å²) in [4.78, 5) is 15.8. The van der Waals surface area contributed by atoms with Gasteiger partial charge in [-0.25, -0.2) is 0 Å². The third-order valence-corrected chi connectivity index (χ3v) is 2.46. The van der Waals surface area contributed by atoms with Crippen molar-refractivity contribution < 1.29 is 35.9 Å². The van der Waals surface area contributed by atoms with Crippen LogP contribution in [-0.4, -0.2) is 24.8 Å². The maximum atomic E-state index is 11.7. The quantitative estimate of drug-likeness (QED) is 0.248. The molecule has 1 amide bonds. The number of carbonyl (C=O) groups excluding carboxylic acids is 1. The second-order valence-electron chi connectivity index (χ2n) is 4.63. The van der Waals surface area contributed by atoms with E-state index in [1.54, 1.807) is 31.2 Å². The maximum absolute atomic E-state index is 11.7. The first-order valence-electron chi connectivity index (χ1n) is 7.41. The molecule has 3 N–H and O–H groups in total. The zero-order chi connectivity index (χ0) is 15.9. The summed E-state index contributed by atoms with van der Waals surface area (Å²) in [6, 6.07) is 9.88. The molecule has 0 aromatic heterocycles. The van der Waals surface area contributed by atoms with E-state index in [0.29, 0.717) is 17.9 Å². The standard InChI is InChI=1S/C14H20N3O.C3H7.U/c1-12(15)16-10-6-3-7-11-17-14(18)13-8-4-2-5-9-13;1-3-2;/h4-5,8-9H,3,6-7,10-11H2,1H3,(H2,15,16)(H,17,18);1,3H2,2H3;/q2*-1;+2. The Kier molecular flexibility index (Phi) is 17.7. The first kappa shape index (κ1) is 23.5. The van der Waals surface area contributed by atoms with Gasteiger partial charge in [-0.1, -0.05) is 12.5 Å². The Morgan fingerprint density at radius 2 is 1.91 bits per heavy atom. The number of nitrogens with zero attached hydrogens (tertiary/aromatic N) is 1. The molecular formula is C17H27N3OU. The van der Waals surface area contributed by atoms with Gasteiger partial charge in [0.2, 0.25) is 5.91 Å². The molecule has 0 fully saturated rings. The van der Waals surface area contributed by atoms with E-state index in [9.17, 15) is 4.79 Å². The van der Waals surface area contributed by atoms with E-state index in [1.807, 2.05) is 6.92 Å².